The number of hydrogen-bond donors (Lipinski definition) is 0. The molecule has 3 rings (SSSR count). The van der Waals surface area contributed by atoms with Crippen LogP contribution in [0.3, 0.4) is 0 Å². The van der Waals surface area contributed by atoms with E-state index in [0.29, 0.717) is 5.92 Å². The summed E-state index contributed by atoms with van der Waals surface area (Å²) >= 11 is 0. The van der Waals surface area contributed by atoms with Gasteiger partial charge in [0.25, 0.3) is 0 Å². The van der Waals surface area contributed by atoms with E-state index in [9.17, 15) is 4.79 Å². The summed E-state index contributed by atoms with van der Waals surface area (Å²) in [6, 6.07) is 15.6. The Morgan fingerprint density at radius 3 is 1.56 bits per heavy atom. The standard InChI is InChI=1S/C24H26O3/c1-4-17-13-20(15-18-5-9-22(26-2)10-6-18)24(25)21(14-17)16-19-7-11-23(27-3)12-8-19/h5-12,15-17H,4,13-14H2,1-3H3. The van der Waals surface area contributed by atoms with Crippen molar-refractivity contribution in [1.82, 2.24) is 0 Å². The summed E-state index contributed by atoms with van der Waals surface area (Å²) in [6.45, 7) is 2.19. The first-order chi connectivity index (χ1) is 13.1. The van der Waals surface area contributed by atoms with Crippen LogP contribution in [0.5, 0.6) is 11.5 Å². The fraction of sp³-hybridized carbons (Fsp3) is 0.292. The number of ketones is 1. The van der Waals surface area contributed by atoms with Gasteiger partial charge in [-0.15, -0.1) is 0 Å². The maximum absolute atomic E-state index is 13.1. The molecule has 3 heteroatoms. The molecule has 1 aliphatic carbocycles. The highest BCUT2D eigenvalue weighted by Gasteiger charge is 2.26. The Bertz CT molecular complexity index is 773. The molecule has 0 aliphatic heterocycles. The average Bonchev–Trinajstić information content (AvgIpc) is 2.72. The van der Waals surface area contributed by atoms with E-state index in [-0.39, 0.29) is 5.78 Å². The minimum atomic E-state index is 0.159. The van der Waals surface area contributed by atoms with Crippen LogP contribution in [0.2, 0.25) is 0 Å². The third-order valence-corrected chi connectivity index (χ3v) is 5.09. The number of Topliss-reactive ketones (excluding diaryl/α,β-unsaturated/α-hetero) is 1. The molecule has 0 saturated heterocycles. The fourth-order valence-electron chi connectivity index (χ4n) is 3.43. The molecule has 0 spiro atoms. The maximum atomic E-state index is 13.1. The van der Waals surface area contributed by atoms with Gasteiger partial charge in [0.1, 0.15) is 11.5 Å². The zero-order chi connectivity index (χ0) is 19.2. The van der Waals surface area contributed by atoms with E-state index >= 15 is 0 Å². The summed E-state index contributed by atoms with van der Waals surface area (Å²) in [7, 11) is 3.31. The Morgan fingerprint density at radius 1 is 0.815 bits per heavy atom. The lowest BCUT2D eigenvalue weighted by Crippen LogP contribution is -2.19. The second-order valence-electron chi connectivity index (χ2n) is 6.90. The van der Waals surface area contributed by atoms with Gasteiger partial charge in [-0.05, 0) is 66.3 Å². The normalized spacial score (nSPS) is 20.1. The molecule has 27 heavy (non-hydrogen) atoms. The van der Waals surface area contributed by atoms with Crippen LogP contribution in [0.4, 0.5) is 0 Å². The highest BCUT2D eigenvalue weighted by molar-refractivity contribution is 6.14. The van der Waals surface area contributed by atoms with E-state index < -0.39 is 0 Å². The first kappa shape index (κ1) is 19.0. The average molecular weight is 362 g/mol. The summed E-state index contributed by atoms with van der Waals surface area (Å²) in [5.74, 6) is 2.29. The van der Waals surface area contributed by atoms with Crippen molar-refractivity contribution in [1.29, 1.82) is 0 Å². The van der Waals surface area contributed by atoms with Crippen LogP contribution in [0.25, 0.3) is 12.2 Å². The molecule has 1 aliphatic rings. The lowest BCUT2D eigenvalue weighted by Gasteiger charge is -2.25. The smallest absolute Gasteiger partial charge is 0.185 e. The van der Waals surface area contributed by atoms with Crippen molar-refractivity contribution in [3.05, 3.63) is 70.8 Å². The predicted molar refractivity (Wildman–Crippen MR) is 110 cm³/mol. The van der Waals surface area contributed by atoms with Gasteiger partial charge < -0.3 is 9.47 Å². The van der Waals surface area contributed by atoms with E-state index in [1.165, 1.54) is 0 Å². The number of benzene rings is 2. The minimum Gasteiger partial charge on any atom is -0.497 e. The predicted octanol–water partition coefficient (Wildman–Crippen LogP) is 5.56. The van der Waals surface area contributed by atoms with E-state index in [4.69, 9.17) is 9.47 Å². The van der Waals surface area contributed by atoms with Gasteiger partial charge in [0.15, 0.2) is 5.78 Å². The second-order valence-corrected chi connectivity index (χ2v) is 6.90. The molecule has 0 heterocycles. The van der Waals surface area contributed by atoms with Gasteiger partial charge in [-0.3, -0.25) is 4.79 Å². The van der Waals surface area contributed by atoms with Gasteiger partial charge >= 0.3 is 0 Å². The van der Waals surface area contributed by atoms with Crippen molar-refractivity contribution in [2.75, 3.05) is 14.2 Å². The lowest BCUT2D eigenvalue weighted by atomic mass is 9.78. The van der Waals surface area contributed by atoms with Crippen molar-refractivity contribution in [3.8, 4) is 11.5 Å². The second kappa shape index (κ2) is 8.72. The highest BCUT2D eigenvalue weighted by atomic mass is 16.5. The zero-order valence-corrected chi connectivity index (χ0v) is 16.2. The largest absolute Gasteiger partial charge is 0.497 e. The number of carbonyl (C=O) groups excluding carboxylic acids is 1. The van der Waals surface area contributed by atoms with Crippen LogP contribution in [-0.2, 0) is 4.79 Å². The molecule has 1 saturated carbocycles. The third kappa shape index (κ3) is 4.68. The summed E-state index contributed by atoms with van der Waals surface area (Å²) < 4.78 is 10.4. The molecule has 140 valence electrons. The molecule has 0 amide bonds. The zero-order valence-electron chi connectivity index (χ0n) is 16.2. The molecular formula is C24H26O3. The van der Waals surface area contributed by atoms with Crippen molar-refractivity contribution < 1.29 is 14.3 Å². The van der Waals surface area contributed by atoms with Gasteiger partial charge in [-0.2, -0.15) is 0 Å². The molecule has 3 nitrogen and oxygen atoms in total. The molecule has 0 aromatic heterocycles. The molecule has 0 bridgehead atoms. The quantitative estimate of drug-likeness (QED) is 0.653. The summed E-state index contributed by atoms with van der Waals surface area (Å²) in [6.07, 6.45) is 6.77. The first-order valence-corrected chi connectivity index (χ1v) is 9.37. The molecule has 2 aromatic carbocycles. The Kier molecular flexibility index (Phi) is 6.12. The van der Waals surface area contributed by atoms with E-state index in [1.807, 2.05) is 60.7 Å². The fourth-order valence-corrected chi connectivity index (χ4v) is 3.43. The van der Waals surface area contributed by atoms with Gasteiger partial charge in [-0.1, -0.05) is 37.6 Å². The van der Waals surface area contributed by atoms with Crippen molar-refractivity contribution >= 4 is 17.9 Å². The number of methoxy groups -OCH3 is 2. The summed E-state index contributed by atoms with van der Waals surface area (Å²) in [5, 5.41) is 0. The number of carbonyl (C=O) groups is 1. The number of hydrogen-bond acceptors (Lipinski definition) is 3. The Labute approximate surface area is 161 Å². The molecule has 0 N–H and O–H groups in total. The lowest BCUT2D eigenvalue weighted by molar-refractivity contribution is -0.113. The van der Waals surface area contributed by atoms with E-state index in [0.717, 1.165) is 53.0 Å². The van der Waals surface area contributed by atoms with Crippen LogP contribution in [0, 0.1) is 5.92 Å². The van der Waals surface area contributed by atoms with Crippen LogP contribution in [-0.4, -0.2) is 20.0 Å². The van der Waals surface area contributed by atoms with Crippen LogP contribution >= 0.6 is 0 Å². The monoisotopic (exact) mass is 362 g/mol. The van der Waals surface area contributed by atoms with Crippen molar-refractivity contribution in [2.45, 2.75) is 26.2 Å². The molecule has 2 aromatic rings. The Hall–Kier alpha value is -2.81. The molecular weight excluding hydrogens is 336 g/mol. The summed E-state index contributed by atoms with van der Waals surface area (Å²) in [5.41, 5.74) is 3.83. The van der Waals surface area contributed by atoms with Crippen LogP contribution in [0.15, 0.2) is 59.7 Å². The molecule has 0 radical (unpaired) electrons. The topological polar surface area (TPSA) is 35.5 Å². The Morgan fingerprint density at radius 2 is 1.22 bits per heavy atom. The van der Waals surface area contributed by atoms with Gasteiger partial charge in [0.2, 0.25) is 0 Å². The number of rotatable bonds is 5. The van der Waals surface area contributed by atoms with Crippen LogP contribution < -0.4 is 9.47 Å². The van der Waals surface area contributed by atoms with Gasteiger partial charge in [0.05, 0.1) is 14.2 Å². The van der Waals surface area contributed by atoms with Crippen LogP contribution in [0.1, 0.15) is 37.3 Å². The molecule has 0 atom stereocenters. The van der Waals surface area contributed by atoms with E-state index in [1.54, 1.807) is 14.2 Å². The highest BCUT2D eigenvalue weighted by Crippen LogP contribution is 2.34. The SMILES string of the molecule is CCC1CC(=Cc2ccc(OC)cc2)C(=O)C(=Cc2ccc(OC)cc2)C1. The number of allylic oxidation sites excluding steroid dienone is 2. The first-order valence-electron chi connectivity index (χ1n) is 9.37. The van der Waals surface area contributed by atoms with Crippen molar-refractivity contribution in [2.24, 2.45) is 5.92 Å². The van der Waals surface area contributed by atoms with Crippen molar-refractivity contribution in [3.63, 3.8) is 0 Å². The van der Waals surface area contributed by atoms with Gasteiger partial charge in [-0.25, -0.2) is 0 Å². The third-order valence-electron chi connectivity index (χ3n) is 5.09. The summed E-state index contributed by atoms with van der Waals surface area (Å²) in [4.78, 5) is 13.1. The molecule has 0 unspecified atom stereocenters. The van der Waals surface area contributed by atoms with E-state index in [2.05, 4.69) is 6.92 Å². The minimum absolute atomic E-state index is 0.159. The number of ether oxygens (including phenoxy) is 2. The van der Waals surface area contributed by atoms with Gasteiger partial charge in [0, 0.05) is 11.1 Å². The maximum Gasteiger partial charge on any atom is 0.185 e. The Balaban J connectivity index is 1.89. The molecule has 1 fully saturated rings.